The minimum Gasteiger partial charge on any atom is -0.285 e. The van der Waals surface area contributed by atoms with Gasteiger partial charge in [-0.1, -0.05) is 24.3 Å². The van der Waals surface area contributed by atoms with Gasteiger partial charge in [0.05, 0.1) is 0 Å². The molecule has 4 rings (SSSR count). The highest BCUT2D eigenvalue weighted by Gasteiger charge is 2.24. The topological polar surface area (TPSA) is 51.2 Å². The van der Waals surface area contributed by atoms with Crippen molar-refractivity contribution in [2.45, 2.75) is 0 Å². The summed E-state index contributed by atoms with van der Waals surface area (Å²) in [4.78, 5) is 34.7. The fraction of sp³-hybridized carbons (Fsp3) is 0. The fourth-order valence-corrected chi connectivity index (χ4v) is 2.66. The Bertz CT molecular complexity index is 896. The Labute approximate surface area is 101 Å². The Hall–Kier alpha value is -2.55. The van der Waals surface area contributed by atoms with Gasteiger partial charge in [-0.3, -0.25) is 14.4 Å². The van der Waals surface area contributed by atoms with Crippen molar-refractivity contribution in [2.75, 3.05) is 0 Å². The molecule has 18 heavy (non-hydrogen) atoms. The van der Waals surface area contributed by atoms with Crippen molar-refractivity contribution in [3.63, 3.8) is 0 Å². The number of benzene rings is 2. The largest absolute Gasteiger partial charge is 0.285 e. The van der Waals surface area contributed by atoms with E-state index in [2.05, 4.69) is 0 Å². The maximum atomic E-state index is 11.6. The van der Waals surface area contributed by atoms with Crippen molar-refractivity contribution in [1.29, 1.82) is 0 Å². The predicted molar refractivity (Wildman–Crippen MR) is 69.6 cm³/mol. The van der Waals surface area contributed by atoms with E-state index in [0.717, 1.165) is 22.3 Å². The molecule has 0 amide bonds. The molecule has 0 heterocycles. The Kier molecular flexibility index (Phi) is 1.48. The zero-order valence-corrected chi connectivity index (χ0v) is 9.19. The summed E-state index contributed by atoms with van der Waals surface area (Å²) in [5.41, 5.74) is 1.74. The average Bonchev–Trinajstić information content (AvgIpc) is 2.60. The van der Waals surface area contributed by atoms with Crippen molar-refractivity contribution in [1.82, 2.24) is 0 Å². The number of fused-ring (bicyclic) bond motifs is 5. The van der Waals surface area contributed by atoms with Gasteiger partial charge >= 0.3 is 0 Å². The Morgan fingerprint density at radius 1 is 0.556 bits per heavy atom. The third kappa shape index (κ3) is 0.888. The van der Waals surface area contributed by atoms with E-state index < -0.39 is 16.3 Å². The maximum Gasteiger partial charge on any atom is 0.273 e. The Balaban J connectivity index is 2.22. The second-order valence-corrected chi connectivity index (χ2v) is 4.48. The highest BCUT2D eigenvalue weighted by atomic mass is 16.2. The molecule has 0 radical (unpaired) electrons. The van der Waals surface area contributed by atoms with E-state index in [1.54, 1.807) is 12.1 Å². The molecule has 0 spiro atoms. The van der Waals surface area contributed by atoms with Gasteiger partial charge in [0.2, 0.25) is 10.9 Å². The summed E-state index contributed by atoms with van der Waals surface area (Å²) in [6.07, 6.45) is 0. The van der Waals surface area contributed by atoms with Crippen LogP contribution in [0.1, 0.15) is 0 Å². The second kappa shape index (κ2) is 2.82. The molecule has 1 aliphatic carbocycles. The molecule has 0 unspecified atom stereocenters. The number of hydrogen-bond donors (Lipinski definition) is 0. The lowest BCUT2D eigenvalue weighted by Crippen LogP contribution is -2.29. The van der Waals surface area contributed by atoms with Gasteiger partial charge in [-0.2, -0.15) is 0 Å². The van der Waals surface area contributed by atoms with Gasteiger partial charge in [-0.15, -0.1) is 0 Å². The molecule has 3 nitrogen and oxygen atoms in total. The van der Waals surface area contributed by atoms with Crippen LogP contribution in [-0.4, -0.2) is 0 Å². The maximum absolute atomic E-state index is 11.6. The Morgan fingerprint density at radius 3 is 1.44 bits per heavy atom. The first-order valence-corrected chi connectivity index (χ1v) is 5.59. The summed E-state index contributed by atoms with van der Waals surface area (Å²) >= 11 is 0. The smallest absolute Gasteiger partial charge is 0.273 e. The monoisotopic (exact) mass is 234 g/mol. The lowest BCUT2D eigenvalue weighted by atomic mass is 9.80. The summed E-state index contributed by atoms with van der Waals surface area (Å²) in [5.74, 6) is 0. The highest BCUT2D eigenvalue weighted by molar-refractivity contribution is 6.08. The molecule has 3 aromatic rings. The quantitative estimate of drug-likeness (QED) is 0.433. The van der Waals surface area contributed by atoms with Crippen LogP contribution in [0.2, 0.25) is 0 Å². The van der Waals surface area contributed by atoms with E-state index in [-0.39, 0.29) is 10.8 Å². The number of rotatable bonds is 0. The molecule has 0 saturated carbocycles. The lowest BCUT2D eigenvalue weighted by molar-refractivity contribution is 1.55. The van der Waals surface area contributed by atoms with E-state index >= 15 is 0 Å². The van der Waals surface area contributed by atoms with Crippen LogP contribution in [0.5, 0.6) is 0 Å². The van der Waals surface area contributed by atoms with Crippen molar-refractivity contribution >= 4 is 10.8 Å². The van der Waals surface area contributed by atoms with Gasteiger partial charge in [0.15, 0.2) is 0 Å². The molecule has 3 aromatic carbocycles. The van der Waals surface area contributed by atoms with Crippen molar-refractivity contribution < 1.29 is 0 Å². The van der Waals surface area contributed by atoms with Crippen LogP contribution in [0.15, 0.2) is 50.8 Å². The van der Waals surface area contributed by atoms with Gasteiger partial charge in [-0.05, 0) is 34.4 Å². The first-order valence-electron chi connectivity index (χ1n) is 5.59. The molecule has 0 N–H and O–H groups in total. The fourth-order valence-electron chi connectivity index (χ4n) is 2.66. The summed E-state index contributed by atoms with van der Waals surface area (Å²) < 4.78 is 0. The first kappa shape index (κ1) is 9.48. The molecule has 0 aliphatic heterocycles. The molecular formula is C15H6O3. The summed E-state index contributed by atoms with van der Waals surface area (Å²) in [6.45, 7) is 0. The molecule has 0 atom stereocenters. The highest BCUT2D eigenvalue weighted by Crippen LogP contribution is 2.47. The van der Waals surface area contributed by atoms with Gasteiger partial charge in [0, 0.05) is 10.8 Å². The lowest BCUT2D eigenvalue weighted by Gasteiger charge is -2.23. The number of hydrogen-bond acceptors (Lipinski definition) is 3. The minimum atomic E-state index is -0.918. The first-order chi connectivity index (χ1) is 8.68. The molecular weight excluding hydrogens is 228 g/mol. The minimum absolute atomic E-state index is 0.248. The van der Waals surface area contributed by atoms with Crippen molar-refractivity contribution in [3.05, 3.63) is 67.1 Å². The van der Waals surface area contributed by atoms with E-state index in [1.807, 2.05) is 24.3 Å². The van der Waals surface area contributed by atoms with Crippen LogP contribution in [0.4, 0.5) is 0 Å². The summed E-state index contributed by atoms with van der Waals surface area (Å²) in [7, 11) is 0. The third-order valence-corrected chi connectivity index (χ3v) is 3.57. The third-order valence-electron chi connectivity index (χ3n) is 3.57. The van der Waals surface area contributed by atoms with E-state index in [9.17, 15) is 14.4 Å². The normalized spacial score (nSPS) is 12.0. The second-order valence-electron chi connectivity index (χ2n) is 4.48. The average molecular weight is 234 g/mol. The molecule has 0 saturated heterocycles. The zero-order chi connectivity index (χ0) is 12.4. The van der Waals surface area contributed by atoms with Crippen molar-refractivity contribution in [2.24, 2.45) is 0 Å². The van der Waals surface area contributed by atoms with E-state index in [0.29, 0.717) is 0 Å². The molecule has 3 heteroatoms. The Morgan fingerprint density at radius 2 is 1.00 bits per heavy atom. The molecule has 0 fully saturated rings. The van der Waals surface area contributed by atoms with Gasteiger partial charge in [0.1, 0.15) is 0 Å². The van der Waals surface area contributed by atoms with Gasteiger partial charge in [-0.25, -0.2) is 0 Å². The van der Waals surface area contributed by atoms with Crippen LogP contribution in [-0.2, 0) is 0 Å². The molecule has 84 valence electrons. The van der Waals surface area contributed by atoms with Gasteiger partial charge in [0.25, 0.3) is 5.43 Å². The van der Waals surface area contributed by atoms with Crippen LogP contribution < -0.4 is 16.3 Å². The van der Waals surface area contributed by atoms with E-state index in [4.69, 9.17) is 0 Å². The van der Waals surface area contributed by atoms with Crippen LogP contribution in [0.25, 0.3) is 33.0 Å². The van der Waals surface area contributed by atoms with Crippen LogP contribution in [0, 0.1) is 0 Å². The van der Waals surface area contributed by atoms with Gasteiger partial charge < -0.3 is 0 Å². The van der Waals surface area contributed by atoms with Crippen LogP contribution >= 0.6 is 0 Å². The predicted octanol–water partition coefficient (Wildman–Crippen LogP) is 1.44. The van der Waals surface area contributed by atoms with Crippen LogP contribution in [0.3, 0.4) is 0 Å². The molecule has 0 aromatic heterocycles. The standard InChI is InChI=1S/C15H6O3/c16-13-11-5-9-7-3-1-2-4-8(7)10(9)6-12(11)14(17)15(13)18/h1-6H. The molecule has 1 aliphatic rings. The SMILES string of the molecule is O=c1c(=O)c2cc3c(cc2c1=O)-c1ccccc1-3. The van der Waals surface area contributed by atoms with E-state index in [1.165, 1.54) is 0 Å². The van der Waals surface area contributed by atoms with Crippen molar-refractivity contribution in [3.8, 4) is 22.3 Å². The molecule has 0 bridgehead atoms. The summed E-state index contributed by atoms with van der Waals surface area (Å²) in [6, 6.07) is 11.1. The summed E-state index contributed by atoms with van der Waals surface area (Å²) in [5, 5.41) is 0.497. The zero-order valence-electron chi connectivity index (χ0n) is 9.19.